The van der Waals surface area contributed by atoms with E-state index >= 15 is 0 Å². The number of hydrogen-bond acceptors (Lipinski definition) is 2. The molecule has 0 aliphatic heterocycles. The summed E-state index contributed by atoms with van der Waals surface area (Å²) in [6.07, 6.45) is 28.5. The zero-order chi connectivity index (χ0) is 25.2. The predicted molar refractivity (Wildman–Crippen MR) is 149 cm³/mol. The molecule has 0 aromatic carbocycles. The van der Waals surface area contributed by atoms with Crippen molar-refractivity contribution in [3.63, 3.8) is 0 Å². The fraction of sp³-hybridized carbons (Fsp3) is 0.656. The highest BCUT2D eigenvalue weighted by Crippen LogP contribution is 2.40. The summed E-state index contributed by atoms with van der Waals surface area (Å²) in [5.41, 5.74) is 5.64. The summed E-state index contributed by atoms with van der Waals surface area (Å²) in [5, 5.41) is 0. The number of allylic oxidation sites excluding steroid dienone is 9. The normalized spacial score (nSPS) is 17.2. The molecule has 0 N–H and O–H groups in total. The van der Waals surface area contributed by atoms with Gasteiger partial charge in [-0.15, -0.1) is 0 Å². The lowest BCUT2D eigenvalue weighted by Gasteiger charge is -2.32. The molecule has 34 heavy (non-hydrogen) atoms. The average molecular weight is 469 g/mol. The largest absolute Gasteiger partial charge is 0.461 e. The van der Waals surface area contributed by atoms with Crippen LogP contribution in [0.5, 0.6) is 0 Å². The topological polar surface area (TPSA) is 26.3 Å². The zero-order valence-electron chi connectivity index (χ0n) is 23.2. The highest BCUT2D eigenvalue weighted by Gasteiger charge is 2.26. The maximum absolute atomic E-state index is 11.9. The van der Waals surface area contributed by atoms with Crippen molar-refractivity contribution in [3.8, 4) is 0 Å². The van der Waals surface area contributed by atoms with Gasteiger partial charge in [-0.2, -0.15) is 0 Å². The molecule has 0 saturated carbocycles. The van der Waals surface area contributed by atoms with Gasteiger partial charge in [0.2, 0.25) is 0 Å². The third-order valence-corrected chi connectivity index (χ3v) is 6.91. The Labute approximate surface area is 211 Å². The van der Waals surface area contributed by atoms with Crippen LogP contribution >= 0.6 is 0 Å². The lowest BCUT2D eigenvalue weighted by atomic mass is 9.72. The molecular formula is C32H52O2. The van der Waals surface area contributed by atoms with Crippen LogP contribution < -0.4 is 0 Å². The molecule has 1 aliphatic carbocycles. The van der Waals surface area contributed by atoms with Crippen LogP contribution in [-0.2, 0) is 9.53 Å². The van der Waals surface area contributed by atoms with E-state index in [1.165, 1.54) is 80.9 Å². The summed E-state index contributed by atoms with van der Waals surface area (Å²) >= 11 is 0. The van der Waals surface area contributed by atoms with Gasteiger partial charge in [0.05, 0.1) is 0 Å². The van der Waals surface area contributed by atoms with Gasteiger partial charge in [-0.3, -0.25) is 4.79 Å². The summed E-state index contributed by atoms with van der Waals surface area (Å²) in [5.74, 6) is -0.0768. The van der Waals surface area contributed by atoms with Crippen LogP contribution in [0.3, 0.4) is 0 Å². The summed E-state index contributed by atoms with van der Waals surface area (Å²) in [6, 6.07) is 0. The van der Waals surface area contributed by atoms with E-state index in [4.69, 9.17) is 4.74 Å². The van der Waals surface area contributed by atoms with Crippen molar-refractivity contribution >= 4 is 5.97 Å². The SMILES string of the molecule is CCCCCCCCCCCC(=O)OC/C=C(C)/C=C/C=C(C)/C=C/C1=C(C)CCCC1(C)C. The summed E-state index contributed by atoms with van der Waals surface area (Å²) in [4.78, 5) is 11.9. The molecule has 0 amide bonds. The molecule has 0 spiro atoms. The molecule has 0 atom stereocenters. The first-order valence-electron chi connectivity index (χ1n) is 13.8. The van der Waals surface area contributed by atoms with Crippen molar-refractivity contribution < 1.29 is 9.53 Å². The van der Waals surface area contributed by atoms with Crippen LogP contribution in [0.15, 0.2) is 58.7 Å². The first kappa shape index (κ1) is 30.2. The number of rotatable bonds is 16. The van der Waals surface area contributed by atoms with Crippen molar-refractivity contribution in [2.75, 3.05) is 6.61 Å². The molecule has 1 rings (SSSR count). The van der Waals surface area contributed by atoms with Crippen molar-refractivity contribution in [2.45, 2.75) is 125 Å². The van der Waals surface area contributed by atoms with Crippen LogP contribution in [0.25, 0.3) is 0 Å². The summed E-state index contributed by atoms with van der Waals surface area (Å²) < 4.78 is 5.37. The van der Waals surface area contributed by atoms with E-state index in [-0.39, 0.29) is 11.4 Å². The first-order chi connectivity index (χ1) is 16.3. The Bertz CT molecular complexity index is 743. The van der Waals surface area contributed by atoms with Crippen molar-refractivity contribution in [2.24, 2.45) is 5.41 Å². The molecule has 0 aromatic heterocycles. The number of unbranched alkanes of at least 4 members (excludes halogenated alkanes) is 8. The molecule has 0 aromatic rings. The Balaban J connectivity index is 2.26. The molecule has 0 fully saturated rings. The minimum Gasteiger partial charge on any atom is -0.461 e. The van der Waals surface area contributed by atoms with E-state index in [1.54, 1.807) is 0 Å². The molecule has 0 radical (unpaired) electrons. The molecule has 1 aliphatic rings. The van der Waals surface area contributed by atoms with Crippen molar-refractivity contribution in [1.82, 2.24) is 0 Å². The predicted octanol–water partition coefficient (Wildman–Crippen LogP) is 9.98. The fourth-order valence-electron chi connectivity index (χ4n) is 4.62. The second kappa shape index (κ2) is 17.6. The van der Waals surface area contributed by atoms with E-state index in [2.05, 4.69) is 65.0 Å². The minimum atomic E-state index is -0.0768. The molecular weight excluding hydrogens is 416 g/mol. The number of hydrogen-bond donors (Lipinski definition) is 0. The van der Waals surface area contributed by atoms with Crippen LogP contribution in [0.1, 0.15) is 125 Å². The van der Waals surface area contributed by atoms with Gasteiger partial charge in [-0.1, -0.05) is 119 Å². The molecule has 2 heteroatoms. The number of ether oxygens (including phenoxy) is 1. The monoisotopic (exact) mass is 468 g/mol. The van der Waals surface area contributed by atoms with Crippen LogP contribution in [0.4, 0.5) is 0 Å². The third-order valence-electron chi connectivity index (χ3n) is 6.91. The Hall–Kier alpha value is -1.83. The van der Waals surface area contributed by atoms with Crippen LogP contribution in [0, 0.1) is 5.41 Å². The van der Waals surface area contributed by atoms with E-state index in [9.17, 15) is 4.79 Å². The number of carbonyl (C=O) groups is 1. The zero-order valence-corrected chi connectivity index (χ0v) is 23.2. The van der Waals surface area contributed by atoms with E-state index in [0.29, 0.717) is 13.0 Å². The van der Waals surface area contributed by atoms with Gasteiger partial charge in [-0.05, 0) is 63.5 Å². The standard InChI is InChI=1S/C32H52O2/c1-7-8-9-10-11-12-13-14-15-21-31(33)34-26-24-28(3)19-16-18-27(2)22-23-30-29(4)20-17-25-32(30,5)6/h16,18-19,22-24H,7-15,17,20-21,25-26H2,1-6H3/b19-16+,23-22+,27-18+,28-24+. The molecule has 0 heterocycles. The van der Waals surface area contributed by atoms with E-state index in [1.807, 2.05) is 13.0 Å². The molecule has 0 unspecified atom stereocenters. The van der Waals surface area contributed by atoms with Gasteiger partial charge in [0, 0.05) is 6.42 Å². The molecule has 0 bridgehead atoms. The summed E-state index contributed by atoms with van der Waals surface area (Å²) in [7, 11) is 0. The van der Waals surface area contributed by atoms with Gasteiger partial charge in [-0.25, -0.2) is 0 Å². The Morgan fingerprint density at radius 1 is 0.941 bits per heavy atom. The lowest BCUT2D eigenvalue weighted by Crippen LogP contribution is -2.19. The van der Waals surface area contributed by atoms with Crippen LogP contribution in [0.2, 0.25) is 0 Å². The second-order valence-electron chi connectivity index (χ2n) is 10.7. The average Bonchev–Trinajstić information content (AvgIpc) is 2.77. The molecule has 0 saturated heterocycles. The van der Waals surface area contributed by atoms with Crippen LogP contribution in [-0.4, -0.2) is 12.6 Å². The highest BCUT2D eigenvalue weighted by atomic mass is 16.5. The first-order valence-corrected chi connectivity index (χ1v) is 13.8. The van der Waals surface area contributed by atoms with Gasteiger partial charge < -0.3 is 4.74 Å². The second-order valence-corrected chi connectivity index (χ2v) is 10.7. The Morgan fingerprint density at radius 3 is 2.24 bits per heavy atom. The maximum Gasteiger partial charge on any atom is 0.306 e. The summed E-state index contributed by atoms with van der Waals surface area (Å²) in [6.45, 7) is 13.8. The minimum absolute atomic E-state index is 0.0768. The van der Waals surface area contributed by atoms with Crippen molar-refractivity contribution in [3.05, 3.63) is 58.7 Å². The number of carbonyl (C=O) groups excluding carboxylic acids is 1. The lowest BCUT2D eigenvalue weighted by molar-refractivity contribution is -0.142. The van der Waals surface area contributed by atoms with Crippen molar-refractivity contribution in [1.29, 1.82) is 0 Å². The van der Waals surface area contributed by atoms with Gasteiger partial charge in [0.15, 0.2) is 0 Å². The van der Waals surface area contributed by atoms with E-state index < -0.39 is 0 Å². The smallest absolute Gasteiger partial charge is 0.306 e. The molecule has 2 nitrogen and oxygen atoms in total. The fourth-order valence-corrected chi connectivity index (χ4v) is 4.62. The Kier molecular flexibility index (Phi) is 15.6. The molecule has 192 valence electrons. The van der Waals surface area contributed by atoms with E-state index in [0.717, 1.165) is 18.4 Å². The quantitative estimate of drug-likeness (QED) is 0.128. The highest BCUT2D eigenvalue weighted by molar-refractivity contribution is 5.69. The van der Waals surface area contributed by atoms with Gasteiger partial charge in [0.1, 0.15) is 6.61 Å². The maximum atomic E-state index is 11.9. The Morgan fingerprint density at radius 2 is 1.59 bits per heavy atom. The third kappa shape index (κ3) is 13.8. The van der Waals surface area contributed by atoms with Gasteiger partial charge in [0.25, 0.3) is 0 Å². The van der Waals surface area contributed by atoms with Gasteiger partial charge >= 0.3 is 5.97 Å². The number of esters is 1.